The lowest BCUT2D eigenvalue weighted by molar-refractivity contribution is -0.128. The van der Waals surface area contributed by atoms with E-state index in [9.17, 15) is 4.79 Å². The molecule has 0 spiro atoms. The number of likely N-dealkylation sites (tertiary alicyclic amines) is 1. The third-order valence-corrected chi connectivity index (χ3v) is 3.46. The Hall–Kier alpha value is -0.0800. The van der Waals surface area contributed by atoms with Gasteiger partial charge in [0.1, 0.15) is 5.78 Å². The average Bonchev–Trinajstić information content (AvgIpc) is 1.99. The number of Topliss-reactive ketones (excluding diaryl/α,β-unsaturated/α-hetero) is 1. The van der Waals surface area contributed by atoms with E-state index < -0.39 is 0 Å². The lowest BCUT2D eigenvalue weighted by atomic mass is 9.75. The molecule has 1 aliphatic heterocycles. The topological polar surface area (TPSA) is 20.3 Å². The minimum absolute atomic E-state index is 0. The molecule has 0 N–H and O–H groups in total. The highest BCUT2D eigenvalue weighted by Crippen LogP contribution is 2.34. The first-order valence-corrected chi connectivity index (χ1v) is 5.87. The van der Waals surface area contributed by atoms with E-state index in [1.807, 2.05) is 0 Å². The minimum Gasteiger partial charge on any atom is -0.298 e. The summed E-state index contributed by atoms with van der Waals surface area (Å²) >= 11 is 0. The normalized spacial score (nSPS) is 24.1. The molecule has 1 unspecified atom stereocenters. The molecular weight excluding hydrogens is 222 g/mol. The fraction of sp³-hybridized carbons (Fsp3) is 0.923. The molecule has 0 radical (unpaired) electrons. The van der Waals surface area contributed by atoms with Crippen LogP contribution in [0.15, 0.2) is 0 Å². The van der Waals surface area contributed by atoms with E-state index >= 15 is 0 Å². The number of carbonyl (C=O) groups is 1. The molecule has 1 rings (SSSR count). The maximum Gasteiger partial charge on any atom is 0.147 e. The SMILES string of the molecule is CC(C)(C)C1CC(=O)CN(C(C)(C)C)C1.Cl. The molecule has 1 heterocycles. The van der Waals surface area contributed by atoms with E-state index in [-0.39, 0.29) is 23.4 Å². The van der Waals surface area contributed by atoms with Crippen molar-refractivity contribution in [3.05, 3.63) is 0 Å². The number of nitrogens with zero attached hydrogens (tertiary/aromatic N) is 1. The van der Waals surface area contributed by atoms with Crippen molar-refractivity contribution in [3.8, 4) is 0 Å². The third-order valence-electron chi connectivity index (χ3n) is 3.46. The average molecular weight is 248 g/mol. The van der Waals surface area contributed by atoms with Crippen LogP contribution < -0.4 is 0 Å². The summed E-state index contributed by atoms with van der Waals surface area (Å²) in [4.78, 5) is 14.0. The second kappa shape index (κ2) is 5.05. The summed E-state index contributed by atoms with van der Waals surface area (Å²) in [6, 6.07) is 0. The molecule has 96 valence electrons. The van der Waals surface area contributed by atoms with Gasteiger partial charge < -0.3 is 0 Å². The fourth-order valence-electron chi connectivity index (χ4n) is 2.04. The first-order valence-electron chi connectivity index (χ1n) is 5.87. The van der Waals surface area contributed by atoms with Gasteiger partial charge in [-0.15, -0.1) is 12.4 Å². The van der Waals surface area contributed by atoms with Gasteiger partial charge in [0, 0.05) is 18.5 Å². The zero-order chi connectivity index (χ0) is 11.9. The van der Waals surface area contributed by atoms with Crippen molar-refractivity contribution in [1.82, 2.24) is 4.90 Å². The standard InChI is InChI=1S/C13H25NO.ClH/c1-12(2,3)10-7-11(15)9-14(8-10)13(4,5)6;/h10H,7-9H2,1-6H3;1H. The number of hydrogen-bond donors (Lipinski definition) is 0. The number of rotatable bonds is 0. The Morgan fingerprint density at radius 2 is 1.62 bits per heavy atom. The van der Waals surface area contributed by atoms with Gasteiger partial charge in [-0.05, 0) is 32.1 Å². The first-order chi connectivity index (χ1) is 6.60. The third kappa shape index (κ3) is 4.06. The van der Waals surface area contributed by atoms with E-state index in [1.54, 1.807) is 0 Å². The Bertz CT molecular complexity index is 226. The van der Waals surface area contributed by atoms with Crippen LogP contribution in [-0.2, 0) is 4.79 Å². The van der Waals surface area contributed by atoms with Gasteiger partial charge in [0.2, 0.25) is 0 Å². The van der Waals surface area contributed by atoms with Gasteiger partial charge in [0.15, 0.2) is 0 Å². The highest BCUT2D eigenvalue weighted by Gasteiger charge is 2.36. The van der Waals surface area contributed by atoms with Crippen LogP contribution in [-0.4, -0.2) is 29.3 Å². The van der Waals surface area contributed by atoms with Crippen LogP contribution in [0.1, 0.15) is 48.0 Å². The van der Waals surface area contributed by atoms with Crippen LogP contribution in [0.4, 0.5) is 0 Å². The predicted octanol–water partition coefficient (Wildman–Crippen LogP) is 3.14. The molecule has 2 nitrogen and oxygen atoms in total. The highest BCUT2D eigenvalue weighted by atomic mass is 35.5. The number of hydrogen-bond acceptors (Lipinski definition) is 2. The Kier molecular flexibility index (Phi) is 5.03. The monoisotopic (exact) mass is 247 g/mol. The van der Waals surface area contributed by atoms with E-state index in [1.165, 1.54) is 0 Å². The Morgan fingerprint density at radius 1 is 1.12 bits per heavy atom. The molecule has 1 aliphatic rings. The molecule has 0 aromatic heterocycles. The molecule has 1 atom stereocenters. The second-order valence-corrected chi connectivity index (χ2v) is 6.86. The highest BCUT2D eigenvalue weighted by molar-refractivity contribution is 5.85. The first kappa shape index (κ1) is 15.9. The van der Waals surface area contributed by atoms with Crippen molar-refractivity contribution in [2.75, 3.05) is 13.1 Å². The molecule has 1 saturated heterocycles. The van der Waals surface area contributed by atoms with Crippen LogP contribution in [0.2, 0.25) is 0 Å². The summed E-state index contributed by atoms with van der Waals surface area (Å²) in [5, 5.41) is 0. The Balaban J connectivity index is 0.00000225. The molecule has 0 amide bonds. The van der Waals surface area contributed by atoms with Crippen molar-refractivity contribution in [2.45, 2.75) is 53.5 Å². The summed E-state index contributed by atoms with van der Waals surface area (Å²) in [6.45, 7) is 14.9. The van der Waals surface area contributed by atoms with Gasteiger partial charge in [0.25, 0.3) is 0 Å². The molecule has 0 bridgehead atoms. The summed E-state index contributed by atoms with van der Waals surface area (Å²) in [5.74, 6) is 0.897. The zero-order valence-corrected chi connectivity index (χ0v) is 12.3. The van der Waals surface area contributed by atoms with Gasteiger partial charge in [-0.25, -0.2) is 0 Å². The maximum absolute atomic E-state index is 11.7. The number of ketones is 1. The number of carbonyl (C=O) groups excluding carboxylic acids is 1. The quantitative estimate of drug-likeness (QED) is 0.656. The Labute approximate surface area is 106 Å². The molecule has 0 aromatic rings. The molecule has 0 aliphatic carbocycles. The van der Waals surface area contributed by atoms with Crippen LogP contribution in [0.5, 0.6) is 0 Å². The van der Waals surface area contributed by atoms with Crippen LogP contribution in [0.25, 0.3) is 0 Å². The molecule has 0 aromatic carbocycles. The lowest BCUT2D eigenvalue weighted by Gasteiger charge is -2.44. The number of piperidine rings is 1. The van der Waals surface area contributed by atoms with E-state index in [4.69, 9.17) is 0 Å². The van der Waals surface area contributed by atoms with Crippen molar-refractivity contribution < 1.29 is 4.79 Å². The van der Waals surface area contributed by atoms with Crippen molar-refractivity contribution >= 4 is 18.2 Å². The van der Waals surface area contributed by atoms with Gasteiger partial charge in [-0.3, -0.25) is 9.69 Å². The molecule has 16 heavy (non-hydrogen) atoms. The van der Waals surface area contributed by atoms with Crippen LogP contribution >= 0.6 is 12.4 Å². The van der Waals surface area contributed by atoms with E-state index in [0.717, 1.165) is 13.0 Å². The molecule has 1 fully saturated rings. The largest absolute Gasteiger partial charge is 0.298 e. The summed E-state index contributed by atoms with van der Waals surface area (Å²) in [5.41, 5.74) is 0.346. The fourth-order valence-corrected chi connectivity index (χ4v) is 2.04. The second-order valence-electron chi connectivity index (χ2n) is 6.86. The summed E-state index contributed by atoms with van der Waals surface area (Å²) in [6.07, 6.45) is 0.760. The lowest BCUT2D eigenvalue weighted by Crippen LogP contribution is -2.52. The van der Waals surface area contributed by atoms with Crippen molar-refractivity contribution in [2.24, 2.45) is 11.3 Å². The maximum atomic E-state index is 11.7. The van der Waals surface area contributed by atoms with Crippen molar-refractivity contribution in [3.63, 3.8) is 0 Å². The Morgan fingerprint density at radius 3 is 2.00 bits per heavy atom. The van der Waals surface area contributed by atoms with Crippen LogP contribution in [0, 0.1) is 11.3 Å². The van der Waals surface area contributed by atoms with Gasteiger partial charge in [-0.2, -0.15) is 0 Å². The van der Waals surface area contributed by atoms with Crippen molar-refractivity contribution in [1.29, 1.82) is 0 Å². The van der Waals surface area contributed by atoms with Gasteiger partial charge in [0.05, 0.1) is 6.54 Å². The molecule has 3 heteroatoms. The molecular formula is C13H26ClNO. The van der Waals surface area contributed by atoms with Gasteiger partial charge >= 0.3 is 0 Å². The zero-order valence-electron chi connectivity index (χ0n) is 11.5. The van der Waals surface area contributed by atoms with E-state index in [0.29, 0.717) is 18.2 Å². The molecule has 0 saturated carbocycles. The van der Waals surface area contributed by atoms with Gasteiger partial charge in [-0.1, -0.05) is 20.8 Å². The summed E-state index contributed by atoms with van der Waals surface area (Å²) in [7, 11) is 0. The smallest absolute Gasteiger partial charge is 0.147 e. The van der Waals surface area contributed by atoms with E-state index in [2.05, 4.69) is 46.4 Å². The summed E-state index contributed by atoms with van der Waals surface area (Å²) < 4.78 is 0. The number of halogens is 1. The van der Waals surface area contributed by atoms with Crippen LogP contribution in [0.3, 0.4) is 0 Å². The predicted molar refractivity (Wildman–Crippen MR) is 71.1 cm³/mol. The minimum atomic E-state index is 0.